The molecule has 1 aromatic rings. The summed E-state index contributed by atoms with van der Waals surface area (Å²) < 4.78 is 0. The van der Waals surface area contributed by atoms with Gasteiger partial charge in [0.1, 0.15) is 6.04 Å². The first kappa shape index (κ1) is 26.9. The van der Waals surface area contributed by atoms with Gasteiger partial charge in [-0.1, -0.05) is 13.8 Å². The minimum Gasteiger partial charge on any atom is -0.481 e. The SMILES string of the molecule is CCCNc1ccc(C(=O)NCCCC[C@H](NC(=O)CC[C@H](CC)C(=O)O)C(N)=O)cc1. The van der Waals surface area contributed by atoms with Crippen molar-refractivity contribution in [3.63, 3.8) is 0 Å². The molecule has 0 saturated heterocycles. The maximum absolute atomic E-state index is 12.2. The van der Waals surface area contributed by atoms with Crippen molar-refractivity contribution in [2.75, 3.05) is 18.4 Å². The van der Waals surface area contributed by atoms with Crippen molar-refractivity contribution in [3.8, 4) is 0 Å². The highest BCUT2D eigenvalue weighted by Gasteiger charge is 2.20. The zero-order valence-corrected chi connectivity index (χ0v) is 19.0. The number of hydrogen-bond acceptors (Lipinski definition) is 5. The molecule has 178 valence electrons. The Morgan fingerprint density at radius 1 is 1.00 bits per heavy atom. The topological polar surface area (TPSA) is 151 Å². The first-order valence-electron chi connectivity index (χ1n) is 11.2. The number of primary amides is 1. The predicted molar refractivity (Wildman–Crippen MR) is 123 cm³/mol. The number of nitrogens with one attached hydrogen (secondary N) is 3. The van der Waals surface area contributed by atoms with Crippen LogP contribution in [0, 0.1) is 5.92 Å². The van der Waals surface area contributed by atoms with Gasteiger partial charge in [-0.05, 0) is 62.8 Å². The average molecular weight is 449 g/mol. The van der Waals surface area contributed by atoms with Gasteiger partial charge in [0.05, 0.1) is 5.92 Å². The summed E-state index contributed by atoms with van der Waals surface area (Å²) in [5.74, 6) is -2.71. The van der Waals surface area contributed by atoms with Crippen molar-refractivity contribution >= 4 is 29.4 Å². The maximum Gasteiger partial charge on any atom is 0.306 e. The molecule has 0 heterocycles. The number of carboxylic acids is 1. The quantitative estimate of drug-likeness (QED) is 0.245. The minimum absolute atomic E-state index is 0.0252. The van der Waals surface area contributed by atoms with Crippen molar-refractivity contribution in [2.24, 2.45) is 11.7 Å². The van der Waals surface area contributed by atoms with Gasteiger partial charge in [0, 0.05) is 30.8 Å². The molecule has 0 radical (unpaired) electrons. The Morgan fingerprint density at radius 3 is 2.25 bits per heavy atom. The van der Waals surface area contributed by atoms with E-state index in [1.165, 1.54) is 0 Å². The second-order valence-electron chi connectivity index (χ2n) is 7.76. The van der Waals surface area contributed by atoms with E-state index in [4.69, 9.17) is 10.8 Å². The fraction of sp³-hybridized carbons (Fsp3) is 0.565. The standard InChI is InChI=1S/C23H36N4O5/c1-3-14-25-18-11-8-17(9-12-18)22(30)26-15-6-5-7-19(21(24)29)27-20(28)13-10-16(4-2)23(31)32/h8-9,11-12,16,19,25H,3-7,10,13-15H2,1-2H3,(H2,24,29)(H,26,30)(H,27,28)(H,31,32)/t16-,19-/m0/s1. The zero-order valence-electron chi connectivity index (χ0n) is 19.0. The molecule has 6 N–H and O–H groups in total. The molecule has 0 spiro atoms. The molecular weight excluding hydrogens is 412 g/mol. The molecule has 0 aliphatic heterocycles. The molecule has 9 heteroatoms. The maximum atomic E-state index is 12.2. The largest absolute Gasteiger partial charge is 0.481 e. The number of anilines is 1. The summed E-state index contributed by atoms with van der Waals surface area (Å²) in [5, 5.41) is 17.7. The van der Waals surface area contributed by atoms with Gasteiger partial charge in [0.2, 0.25) is 11.8 Å². The lowest BCUT2D eigenvalue weighted by molar-refractivity contribution is -0.142. The molecule has 0 aliphatic carbocycles. The molecule has 0 fully saturated rings. The van der Waals surface area contributed by atoms with E-state index >= 15 is 0 Å². The second kappa shape index (κ2) is 14.8. The fourth-order valence-corrected chi connectivity index (χ4v) is 3.15. The summed E-state index contributed by atoms with van der Waals surface area (Å²) in [6.07, 6.45) is 3.26. The Balaban J connectivity index is 2.33. The van der Waals surface area contributed by atoms with Crippen molar-refractivity contribution in [3.05, 3.63) is 29.8 Å². The number of hydrogen-bond donors (Lipinski definition) is 5. The molecule has 0 unspecified atom stereocenters. The van der Waals surface area contributed by atoms with Crippen LogP contribution >= 0.6 is 0 Å². The van der Waals surface area contributed by atoms with Gasteiger partial charge in [-0.25, -0.2) is 0 Å². The summed E-state index contributed by atoms with van der Waals surface area (Å²) in [6, 6.07) is 6.44. The summed E-state index contributed by atoms with van der Waals surface area (Å²) in [5.41, 5.74) is 6.91. The second-order valence-corrected chi connectivity index (χ2v) is 7.76. The van der Waals surface area contributed by atoms with Crippen LogP contribution in [0.25, 0.3) is 0 Å². The number of amides is 3. The average Bonchev–Trinajstić information content (AvgIpc) is 2.76. The van der Waals surface area contributed by atoms with Gasteiger partial charge in [0.15, 0.2) is 0 Å². The zero-order chi connectivity index (χ0) is 23.9. The summed E-state index contributed by atoms with van der Waals surface area (Å²) in [6.45, 7) is 5.14. The first-order chi connectivity index (χ1) is 15.3. The van der Waals surface area contributed by atoms with Gasteiger partial charge >= 0.3 is 5.97 Å². The van der Waals surface area contributed by atoms with Crippen LogP contribution in [-0.2, 0) is 14.4 Å². The third-order valence-corrected chi connectivity index (χ3v) is 5.17. The van der Waals surface area contributed by atoms with Gasteiger partial charge in [-0.15, -0.1) is 0 Å². The predicted octanol–water partition coefficient (Wildman–Crippen LogP) is 2.27. The highest BCUT2D eigenvalue weighted by atomic mass is 16.4. The van der Waals surface area contributed by atoms with Crippen molar-refractivity contribution < 1.29 is 24.3 Å². The molecule has 0 saturated carbocycles. The van der Waals surface area contributed by atoms with Crippen LogP contribution in [0.3, 0.4) is 0 Å². The molecular formula is C23H36N4O5. The Hall–Kier alpha value is -3.10. The number of aliphatic carboxylic acids is 1. The molecule has 0 aromatic heterocycles. The highest BCUT2D eigenvalue weighted by Crippen LogP contribution is 2.12. The van der Waals surface area contributed by atoms with E-state index in [1.807, 2.05) is 12.1 Å². The molecule has 9 nitrogen and oxygen atoms in total. The van der Waals surface area contributed by atoms with Gasteiger partial charge in [-0.3, -0.25) is 19.2 Å². The van der Waals surface area contributed by atoms with Crippen LogP contribution in [-0.4, -0.2) is 47.9 Å². The summed E-state index contributed by atoms with van der Waals surface area (Å²) in [7, 11) is 0. The molecule has 1 aromatic carbocycles. The number of carbonyl (C=O) groups is 4. The molecule has 1 rings (SSSR count). The minimum atomic E-state index is -0.932. The van der Waals surface area contributed by atoms with E-state index in [2.05, 4.69) is 22.9 Å². The Morgan fingerprint density at radius 2 is 1.69 bits per heavy atom. The van der Waals surface area contributed by atoms with Crippen molar-refractivity contribution in [1.82, 2.24) is 10.6 Å². The Labute approximate surface area is 189 Å². The van der Waals surface area contributed by atoms with E-state index in [9.17, 15) is 19.2 Å². The van der Waals surface area contributed by atoms with Crippen LogP contribution in [0.4, 0.5) is 5.69 Å². The number of carboxylic acid groups (broad SMARTS) is 1. The highest BCUT2D eigenvalue weighted by molar-refractivity contribution is 5.94. The van der Waals surface area contributed by atoms with Crippen LogP contribution in [0.15, 0.2) is 24.3 Å². The number of nitrogens with two attached hydrogens (primary N) is 1. The smallest absolute Gasteiger partial charge is 0.306 e. The van der Waals surface area contributed by atoms with E-state index in [0.29, 0.717) is 37.8 Å². The van der Waals surface area contributed by atoms with Crippen LogP contribution in [0.2, 0.25) is 0 Å². The summed E-state index contributed by atoms with van der Waals surface area (Å²) in [4.78, 5) is 46.9. The third kappa shape index (κ3) is 10.3. The number of benzene rings is 1. The lowest BCUT2D eigenvalue weighted by Gasteiger charge is -2.16. The van der Waals surface area contributed by atoms with E-state index < -0.39 is 29.7 Å². The van der Waals surface area contributed by atoms with Crippen LogP contribution in [0.5, 0.6) is 0 Å². The molecule has 32 heavy (non-hydrogen) atoms. The van der Waals surface area contributed by atoms with E-state index in [0.717, 1.165) is 18.7 Å². The molecule has 2 atom stereocenters. The number of rotatable bonds is 16. The van der Waals surface area contributed by atoms with E-state index in [-0.39, 0.29) is 18.7 Å². The Bertz CT molecular complexity index is 751. The third-order valence-electron chi connectivity index (χ3n) is 5.17. The van der Waals surface area contributed by atoms with Gasteiger partial charge < -0.3 is 26.8 Å². The monoisotopic (exact) mass is 448 g/mol. The summed E-state index contributed by atoms with van der Waals surface area (Å²) >= 11 is 0. The molecule has 3 amide bonds. The number of carbonyl (C=O) groups excluding carboxylic acids is 3. The lowest BCUT2D eigenvalue weighted by atomic mass is 10.00. The molecule has 0 aliphatic rings. The number of unbranched alkanes of at least 4 members (excludes halogenated alkanes) is 1. The van der Waals surface area contributed by atoms with Crippen molar-refractivity contribution in [1.29, 1.82) is 0 Å². The molecule has 0 bridgehead atoms. The van der Waals surface area contributed by atoms with Crippen LogP contribution in [0.1, 0.15) is 69.2 Å². The normalized spacial score (nSPS) is 12.4. The van der Waals surface area contributed by atoms with Gasteiger partial charge in [-0.2, -0.15) is 0 Å². The van der Waals surface area contributed by atoms with Crippen molar-refractivity contribution in [2.45, 2.75) is 64.8 Å². The lowest BCUT2D eigenvalue weighted by Crippen LogP contribution is -2.44. The fourth-order valence-electron chi connectivity index (χ4n) is 3.15. The van der Waals surface area contributed by atoms with Gasteiger partial charge in [0.25, 0.3) is 5.91 Å². The first-order valence-corrected chi connectivity index (χ1v) is 11.2. The van der Waals surface area contributed by atoms with Crippen LogP contribution < -0.4 is 21.7 Å². The van der Waals surface area contributed by atoms with E-state index in [1.54, 1.807) is 19.1 Å². The Kier molecular flexibility index (Phi) is 12.5.